The smallest absolute Gasteiger partial charge is 0.231 e. The van der Waals surface area contributed by atoms with Gasteiger partial charge in [-0.2, -0.15) is 0 Å². The van der Waals surface area contributed by atoms with E-state index in [-0.39, 0.29) is 17.0 Å². The number of ether oxygens (including phenoxy) is 4. The Morgan fingerprint density at radius 1 is 0.848 bits per heavy atom. The Morgan fingerprint density at radius 3 is 2.45 bits per heavy atom. The summed E-state index contributed by atoms with van der Waals surface area (Å²) in [6.45, 7) is 3.63. The molecule has 0 saturated carbocycles. The van der Waals surface area contributed by atoms with Gasteiger partial charge < -0.3 is 40.4 Å². The van der Waals surface area contributed by atoms with E-state index in [1.807, 2.05) is 0 Å². The zero-order valence-electron chi connectivity index (χ0n) is 18.0. The Morgan fingerprint density at radius 2 is 1.61 bits per heavy atom. The van der Waals surface area contributed by atoms with Gasteiger partial charge in [0.25, 0.3) is 0 Å². The van der Waals surface area contributed by atoms with Gasteiger partial charge in [0.1, 0.15) is 19.1 Å². The largest absolute Gasteiger partial charge is 1.00 e. The van der Waals surface area contributed by atoms with Gasteiger partial charge in [0, 0.05) is 28.4 Å². The Balaban J connectivity index is 0.00000206. The number of nitrogens with zero attached hydrogens (tertiary/aromatic N) is 1. The van der Waals surface area contributed by atoms with Crippen molar-refractivity contribution in [1.29, 1.82) is 0 Å². The minimum Gasteiger partial charge on any atom is -1.00 e. The number of halogens is 2. The summed E-state index contributed by atoms with van der Waals surface area (Å²) in [6.07, 6.45) is 2.01. The quantitative estimate of drug-likeness (QED) is 0.442. The predicted octanol–water partition coefficient (Wildman–Crippen LogP) is 2.28. The summed E-state index contributed by atoms with van der Waals surface area (Å²) in [5.74, 6) is 3.59. The van der Waals surface area contributed by atoms with Gasteiger partial charge in [-0.15, -0.1) is 0 Å². The average molecular weight is 573 g/mol. The number of rotatable bonds is 2. The van der Waals surface area contributed by atoms with Crippen molar-refractivity contribution in [1.82, 2.24) is 0 Å². The van der Waals surface area contributed by atoms with Gasteiger partial charge in [0.15, 0.2) is 23.0 Å². The van der Waals surface area contributed by atoms with E-state index in [0.717, 1.165) is 64.4 Å². The lowest BCUT2D eigenvalue weighted by Crippen LogP contribution is -3.00. The molecular formula is C26H23Br2NO4. The number of fused-ring (bicyclic) bond motifs is 7. The van der Waals surface area contributed by atoms with Crippen LogP contribution in [0.15, 0.2) is 53.0 Å². The van der Waals surface area contributed by atoms with Gasteiger partial charge in [0.2, 0.25) is 13.6 Å². The molecule has 7 heteroatoms. The summed E-state index contributed by atoms with van der Waals surface area (Å²) in [5, 5.41) is 0. The second-order valence-electron chi connectivity index (χ2n) is 9.20. The molecule has 0 aromatic heterocycles. The van der Waals surface area contributed by atoms with Crippen LogP contribution in [0.25, 0.3) is 0 Å². The molecule has 0 spiro atoms. The molecule has 7 rings (SSSR count). The molecule has 4 aliphatic heterocycles. The number of quaternary nitrogens is 1. The van der Waals surface area contributed by atoms with Crippen LogP contribution in [0.3, 0.4) is 0 Å². The second kappa shape index (κ2) is 7.93. The molecule has 5 nitrogen and oxygen atoms in total. The summed E-state index contributed by atoms with van der Waals surface area (Å²) in [5.41, 5.74) is 6.84. The highest BCUT2D eigenvalue weighted by molar-refractivity contribution is 9.10. The van der Waals surface area contributed by atoms with Gasteiger partial charge in [-0.1, -0.05) is 34.1 Å². The van der Waals surface area contributed by atoms with Crippen molar-refractivity contribution in [3.63, 3.8) is 0 Å². The van der Waals surface area contributed by atoms with E-state index in [1.54, 1.807) is 0 Å². The maximum Gasteiger partial charge on any atom is 0.231 e. The average Bonchev–Trinajstić information content (AvgIpc) is 3.47. The van der Waals surface area contributed by atoms with E-state index in [9.17, 15) is 0 Å². The van der Waals surface area contributed by atoms with Crippen molar-refractivity contribution >= 4 is 15.9 Å². The first-order valence-electron chi connectivity index (χ1n) is 11.1. The van der Waals surface area contributed by atoms with Crippen molar-refractivity contribution < 1.29 is 40.4 Å². The maximum atomic E-state index is 5.94. The maximum absolute atomic E-state index is 5.94. The minimum absolute atomic E-state index is 0. The Kier molecular flexibility index (Phi) is 5.12. The molecule has 0 N–H and O–H groups in total. The Bertz CT molecular complexity index is 1250. The first-order chi connectivity index (χ1) is 15.7. The number of benzene rings is 3. The zero-order chi connectivity index (χ0) is 21.3. The van der Waals surface area contributed by atoms with Crippen LogP contribution in [-0.4, -0.2) is 24.6 Å². The lowest BCUT2D eigenvalue weighted by atomic mass is 9.80. The van der Waals surface area contributed by atoms with Crippen LogP contribution in [0.1, 0.15) is 33.9 Å². The highest BCUT2D eigenvalue weighted by Crippen LogP contribution is 2.51. The first kappa shape index (κ1) is 21.3. The summed E-state index contributed by atoms with van der Waals surface area (Å²) < 4.78 is 25.2. The van der Waals surface area contributed by atoms with Crippen molar-refractivity contribution in [3.8, 4) is 23.0 Å². The molecule has 2 atom stereocenters. The third-order valence-electron chi connectivity index (χ3n) is 7.52. The lowest BCUT2D eigenvalue weighted by molar-refractivity contribution is -0.985. The molecular weight excluding hydrogens is 550 g/mol. The number of hydrogen-bond donors (Lipinski definition) is 0. The molecule has 3 aromatic carbocycles. The fourth-order valence-electron chi connectivity index (χ4n) is 5.97. The van der Waals surface area contributed by atoms with E-state index in [1.165, 1.54) is 27.8 Å². The van der Waals surface area contributed by atoms with Crippen molar-refractivity contribution in [2.45, 2.75) is 32.0 Å². The fraction of sp³-hybridized carbons (Fsp3) is 0.308. The zero-order valence-corrected chi connectivity index (χ0v) is 21.2. The number of hydrogen-bond acceptors (Lipinski definition) is 4. The monoisotopic (exact) mass is 571 g/mol. The predicted molar refractivity (Wildman–Crippen MR) is 122 cm³/mol. The van der Waals surface area contributed by atoms with Gasteiger partial charge >= 0.3 is 0 Å². The van der Waals surface area contributed by atoms with E-state index < -0.39 is 0 Å². The molecule has 0 bridgehead atoms. The van der Waals surface area contributed by atoms with E-state index in [0.29, 0.717) is 19.6 Å². The van der Waals surface area contributed by atoms with Gasteiger partial charge in [0.05, 0.1) is 12.1 Å². The van der Waals surface area contributed by atoms with Crippen LogP contribution in [0.2, 0.25) is 0 Å². The minimum atomic E-state index is 0. The molecule has 33 heavy (non-hydrogen) atoms. The van der Waals surface area contributed by atoms with Crippen LogP contribution in [0.5, 0.6) is 23.0 Å². The summed E-state index contributed by atoms with van der Waals surface area (Å²) >= 11 is 3.58. The third-order valence-corrected chi connectivity index (χ3v) is 8.05. The molecule has 0 aliphatic carbocycles. The van der Waals surface area contributed by atoms with Crippen molar-refractivity contribution in [3.05, 3.63) is 80.8 Å². The molecule has 4 heterocycles. The molecule has 4 aliphatic rings. The van der Waals surface area contributed by atoms with Crippen molar-refractivity contribution in [2.75, 3.05) is 20.1 Å². The second-order valence-corrected chi connectivity index (χ2v) is 10.1. The molecule has 3 aromatic rings. The van der Waals surface area contributed by atoms with E-state index >= 15 is 0 Å². The van der Waals surface area contributed by atoms with Crippen LogP contribution < -0.4 is 35.9 Å². The SMILES string of the molecule is Brc1ccc(C[N+]23CCc4cc5c(cc4C2Cc2ccc4c(c2C3)OCO4)OCO5)cc1.[Br-]. The molecule has 170 valence electrons. The Hall–Kier alpha value is -2.22. The summed E-state index contributed by atoms with van der Waals surface area (Å²) in [7, 11) is 0. The molecule has 0 radical (unpaired) electrons. The highest BCUT2D eigenvalue weighted by Gasteiger charge is 2.48. The van der Waals surface area contributed by atoms with Crippen LogP contribution in [0, 0.1) is 0 Å². The van der Waals surface area contributed by atoms with Gasteiger partial charge in [-0.25, -0.2) is 0 Å². The van der Waals surface area contributed by atoms with Gasteiger partial charge in [-0.05, 0) is 41.5 Å². The van der Waals surface area contributed by atoms with E-state index in [4.69, 9.17) is 18.9 Å². The Labute approximate surface area is 211 Å². The van der Waals surface area contributed by atoms with E-state index in [2.05, 4.69) is 64.5 Å². The molecule has 0 fully saturated rings. The van der Waals surface area contributed by atoms with Crippen LogP contribution in [-0.2, 0) is 25.9 Å². The van der Waals surface area contributed by atoms with Gasteiger partial charge in [-0.3, -0.25) is 0 Å². The highest BCUT2D eigenvalue weighted by atomic mass is 79.9. The summed E-state index contributed by atoms with van der Waals surface area (Å²) in [6, 6.07) is 17.9. The lowest BCUT2D eigenvalue weighted by Gasteiger charge is -2.51. The standard InChI is InChI=1S/C26H23BrNO4.BrH/c27-19-4-1-16(2-5-19)12-28-8-7-18-10-24-25(31-14-30-24)11-20(18)22(28)9-17-3-6-23-26(21(17)13-28)32-15-29-23;/h1-6,10-11,22H,7-9,12-15H2;1H/q+1;/p-1. The van der Waals surface area contributed by atoms with Crippen LogP contribution >= 0.6 is 15.9 Å². The summed E-state index contributed by atoms with van der Waals surface area (Å²) in [4.78, 5) is 0. The fourth-order valence-corrected chi connectivity index (χ4v) is 6.23. The topological polar surface area (TPSA) is 36.9 Å². The third kappa shape index (κ3) is 3.35. The molecule has 0 amide bonds. The normalized spacial score (nSPS) is 23.2. The van der Waals surface area contributed by atoms with Crippen molar-refractivity contribution in [2.24, 2.45) is 0 Å². The molecule has 2 unspecified atom stereocenters. The first-order valence-corrected chi connectivity index (χ1v) is 11.9. The van der Waals surface area contributed by atoms with Crippen LogP contribution in [0.4, 0.5) is 0 Å². The molecule has 0 saturated heterocycles.